The molecule has 0 atom stereocenters. The van der Waals surface area contributed by atoms with Crippen molar-refractivity contribution in [2.24, 2.45) is 0 Å². The van der Waals surface area contributed by atoms with Gasteiger partial charge in [-0.05, 0) is 0 Å². The lowest BCUT2D eigenvalue weighted by Gasteiger charge is -1.97. The van der Waals surface area contributed by atoms with Crippen LogP contribution in [0.3, 0.4) is 0 Å². The summed E-state index contributed by atoms with van der Waals surface area (Å²) in [5, 5.41) is 18.8. The first-order valence-corrected chi connectivity index (χ1v) is 5.78. The van der Waals surface area contributed by atoms with E-state index in [0.717, 1.165) is 0 Å². The van der Waals surface area contributed by atoms with Crippen molar-refractivity contribution in [1.29, 1.82) is 5.26 Å². The molecule has 2 aromatic heterocycles. The Balaban J connectivity index is 2.05. The molecule has 0 radical (unpaired) electrons. The van der Waals surface area contributed by atoms with E-state index in [1.54, 1.807) is 18.3 Å². The molecular weight excluding hydrogens is 246 g/mol. The predicted molar refractivity (Wildman–Crippen MR) is 66.4 cm³/mol. The van der Waals surface area contributed by atoms with E-state index in [9.17, 15) is 4.79 Å². The zero-order valence-corrected chi connectivity index (χ0v) is 10.6. The van der Waals surface area contributed by atoms with Crippen LogP contribution < -0.4 is 5.32 Å². The lowest BCUT2D eigenvalue weighted by Crippen LogP contribution is -2.13. The van der Waals surface area contributed by atoms with Crippen molar-refractivity contribution in [3.63, 3.8) is 0 Å². The fourth-order valence-electron chi connectivity index (χ4n) is 1.44. The van der Waals surface area contributed by atoms with E-state index in [4.69, 9.17) is 9.78 Å². The first-order chi connectivity index (χ1) is 9.10. The van der Waals surface area contributed by atoms with Gasteiger partial charge in [0, 0.05) is 24.2 Å². The lowest BCUT2D eigenvalue weighted by atomic mass is 10.1. The van der Waals surface area contributed by atoms with Crippen molar-refractivity contribution in [3.8, 4) is 6.07 Å². The Morgan fingerprint density at radius 3 is 3.05 bits per heavy atom. The number of carbonyl (C=O) groups is 1. The smallest absolute Gasteiger partial charge is 0.279 e. The average molecular weight is 259 g/mol. The van der Waals surface area contributed by atoms with E-state index < -0.39 is 5.91 Å². The summed E-state index contributed by atoms with van der Waals surface area (Å²) < 4.78 is 6.48. The number of aromatic nitrogens is 3. The number of hydrogen-bond acceptors (Lipinski definition) is 5. The molecule has 0 unspecified atom stereocenters. The molecule has 0 bridgehead atoms. The molecule has 0 saturated carbocycles. The molecule has 98 valence electrons. The highest BCUT2D eigenvalue weighted by atomic mass is 16.5. The van der Waals surface area contributed by atoms with Crippen molar-refractivity contribution >= 4 is 11.7 Å². The van der Waals surface area contributed by atoms with Crippen molar-refractivity contribution in [2.75, 3.05) is 5.32 Å². The van der Waals surface area contributed by atoms with E-state index >= 15 is 0 Å². The fourth-order valence-corrected chi connectivity index (χ4v) is 1.44. The van der Waals surface area contributed by atoms with Crippen LogP contribution in [0.25, 0.3) is 0 Å². The maximum absolute atomic E-state index is 11.9. The second-order valence-electron chi connectivity index (χ2n) is 4.28. The minimum atomic E-state index is -0.391. The zero-order chi connectivity index (χ0) is 13.8. The minimum Gasteiger partial charge on any atom is -0.360 e. The Morgan fingerprint density at radius 1 is 1.63 bits per heavy atom. The Labute approximate surface area is 109 Å². The summed E-state index contributed by atoms with van der Waals surface area (Å²) in [6.45, 7) is 4.04. The number of carbonyl (C=O) groups excluding carboxylic acids is 1. The van der Waals surface area contributed by atoms with Crippen LogP contribution in [0.1, 0.15) is 36.0 Å². The van der Waals surface area contributed by atoms with Gasteiger partial charge in [-0.15, -0.1) is 0 Å². The zero-order valence-electron chi connectivity index (χ0n) is 10.6. The summed E-state index contributed by atoms with van der Waals surface area (Å²) in [6.07, 6.45) is 1.61. The standard InChI is InChI=1S/C12H13N5O2/c1-8(2)10-7-9(16-19-10)12(18)14-11-3-5-17(15-11)6-4-13/h3,5,7-8H,6H2,1-2H3,(H,14,15,18). The molecule has 7 nitrogen and oxygen atoms in total. The van der Waals surface area contributed by atoms with Crippen molar-refractivity contribution in [1.82, 2.24) is 14.9 Å². The minimum absolute atomic E-state index is 0.136. The monoisotopic (exact) mass is 259 g/mol. The number of anilines is 1. The van der Waals surface area contributed by atoms with Crippen LogP contribution >= 0.6 is 0 Å². The number of amides is 1. The summed E-state index contributed by atoms with van der Waals surface area (Å²) in [5.74, 6) is 0.802. The largest absolute Gasteiger partial charge is 0.360 e. The molecule has 7 heteroatoms. The van der Waals surface area contributed by atoms with Gasteiger partial charge in [0.15, 0.2) is 11.5 Å². The van der Waals surface area contributed by atoms with Gasteiger partial charge >= 0.3 is 0 Å². The molecule has 2 aromatic rings. The molecule has 0 saturated heterocycles. The van der Waals surface area contributed by atoms with Crippen molar-refractivity contribution in [3.05, 3.63) is 29.8 Å². The summed E-state index contributed by atoms with van der Waals surface area (Å²) in [7, 11) is 0. The first-order valence-electron chi connectivity index (χ1n) is 5.78. The second-order valence-corrected chi connectivity index (χ2v) is 4.28. The summed E-state index contributed by atoms with van der Waals surface area (Å²) in [4.78, 5) is 11.9. The van der Waals surface area contributed by atoms with E-state index in [1.807, 2.05) is 19.9 Å². The molecule has 1 N–H and O–H groups in total. The average Bonchev–Trinajstić information content (AvgIpc) is 2.98. The van der Waals surface area contributed by atoms with Gasteiger partial charge in [-0.1, -0.05) is 19.0 Å². The molecule has 0 aliphatic rings. The highest BCUT2D eigenvalue weighted by molar-refractivity contribution is 6.02. The Kier molecular flexibility index (Phi) is 3.61. The maximum atomic E-state index is 11.9. The summed E-state index contributed by atoms with van der Waals surface area (Å²) in [5.41, 5.74) is 0.207. The molecule has 19 heavy (non-hydrogen) atoms. The van der Waals surface area contributed by atoms with Crippen LogP contribution in [-0.4, -0.2) is 20.8 Å². The molecule has 0 aromatic carbocycles. The van der Waals surface area contributed by atoms with Crippen LogP contribution in [0.2, 0.25) is 0 Å². The van der Waals surface area contributed by atoms with Crippen molar-refractivity contribution < 1.29 is 9.32 Å². The van der Waals surface area contributed by atoms with Crippen LogP contribution in [0.15, 0.2) is 22.9 Å². The summed E-state index contributed by atoms with van der Waals surface area (Å²) >= 11 is 0. The molecule has 0 fully saturated rings. The highest BCUT2D eigenvalue weighted by Gasteiger charge is 2.15. The third-order valence-corrected chi connectivity index (χ3v) is 2.45. The predicted octanol–water partition coefficient (Wildman–Crippen LogP) is 1.77. The van der Waals surface area contributed by atoms with Gasteiger partial charge in [0.25, 0.3) is 5.91 Å². The molecule has 1 amide bonds. The quantitative estimate of drug-likeness (QED) is 0.902. The number of nitrogens with zero attached hydrogens (tertiary/aromatic N) is 4. The SMILES string of the molecule is CC(C)c1cc(C(=O)Nc2ccn(CC#N)n2)no1. The van der Waals surface area contributed by atoms with Gasteiger partial charge in [0.2, 0.25) is 0 Å². The second kappa shape index (κ2) is 5.35. The number of nitrogens with one attached hydrogen (secondary N) is 1. The fraction of sp³-hybridized carbons (Fsp3) is 0.333. The van der Waals surface area contributed by atoms with Gasteiger partial charge in [-0.3, -0.25) is 9.48 Å². The number of rotatable bonds is 4. The van der Waals surface area contributed by atoms with Crippen LogP contribution in [0.5, 0.6) is 0 Å². The maximum Gasteiger partial charge on any atom is 0.279 e. The van der Waals surface area contributed by atoms with E-state index in [2.05, 4.69) is 15.6 Å². The number of nitriles is 1. The molecule has 0 aliphatic heterocycles. The van der Waals surface area contributed by atoms with Crippen LogP contribution in [0, 0.1) is 11.3 Å². The molecule has 2 rings (SSSR count). The highest BCUT2D eigenvalue weighted by Crippen LogP contribution is 2.15. The normalized spacial score (nSPS) is 10.4. The molecule has 2 heterocycles. The van der Waals surface area contributed by atoms with E-state index in [1.165, 1.54) is 4.68 Å². The van der Waals surface area contributed by atoms with Crippen LogP contribution in [-0.2, 0) is 6.54 Å². The topological polar surface area (TPSA) is 96.7 Å². The Hall–Kier alpha value is -2.62. The number of hydrogen-bond donors (Lipinski definition) is 1. The van der Waals surface area contributed by atoms with E-state index in [0.29, 0.717) is 11.6 Å². The Bertz CT molecular complexity index is 620. The summed E-state index contributed by atoms with van der Waals surface area (Å²) in [6, 6.07) is 5.17. The Morgan fingerprint density at radius 2 is 2.42 bits per heavy atom. The molecule has 0 spiro atoms. The first kappa shape index (κ1) is 12.8. The van der Waals surface area contributed by atoms with Gasteiger partial charge in [-0.2, -0.15) is 10.4 Å². The van der Waals surface area contributed by atoms with Gasteiger partial charge < -0.3 is 9.84 Å². The third-order valence-electron chi connectivity index (χ3n) is 2.45. The van der Waals surface area contributed by atoms with Gasteiger partial charge in [0.1, 0.15) is 12.3 Å². The lowest BCUT2D eigenvalue weighted by molar-refractivity contribution is 0.101. The molecule has 0 aliphatic carbocycles. The van der Waals surface area contributed by atoms with Gasteiger partial charge in [-0.25, -0.2) is 0 Å². The molecular formula is C12H13N5O2. The van der Waals surface area contributed by atoms with Gasteiger partial charge in [0.05, 0.1) is 6.07 Å². The van der Waals surface area contributed by atoms with Crippen molar-refractivity contribution in [2.45, 2.75) is 26.3 Å². The van der Waals surface area contributed by atoms with Crippen LogP contribution in [0.4, 0.5) is 5.82 Å². The van der Waals surface area contributed by atoms with E-state index in [-0.39, 0.29) is 18.2 Å². The third kappa shape index (κ3) is 2.98.